The number of hydrogen-bond acceptors (Lipinski definition) is 4. The van der Waals surface area contributed by atoms with E-state index in [4.69, 9.17) is 9.47 Å². The highest BCUT2D eigenvalue weighted by Gasteiger charge is 2.24. The van der Waals surface area contributed by atoms with Gasteiger partial charge in [-0.2, -0.15) is 0 Å². The molecule has 22 heavy (non-hydrogen) atoms. The lowest BCUT2D eigenvalue weighted by atomic mass is 10.1. The van der Waals surface area contributed by atoms with Gasteiger partial charge in [-0.05, 0) is 49.6 Å². The van der Waals surface area contributed by atoms with E-state index in [1.807, 2.05) is 25.1 Å². The van der Waals surface area contributed by atoms with Gasteiger partial charge in [-0.25, -0.2) is 4.98 Å². The van der Waals surface area contributed by atoms with E-state index in [0.29, 0.717) is 11.9 Å². The summed E-state index contributed by atoms with van der Waals surface area (Å²) in [5.41, 5.74) is 3.50. The first-order valence-electron chi connectivity index (χ1n) is 7.77. The number of pyridine rings is 1. The molecule has 0 fully saturated rings. The molecule has 0 radical (unpaired) electrons. The van der Waals surface area contributed by atoms with Crippen molar-refractivity contribution in [1.82, 2.24) is 10.3 Å². The molecule has 1 atom stereocenters. The molecule has 4 heteroatoms. The van der Waals surface area contributed by atoms with Crippen molar-refractivity contribution in [3.8, 4) is 17.4 Å². The summed E-state index contributed by atoms with van der Waals surface area (Å²) in [7, 11) is 1.62. The maximum atomic E-state index is 6.13. The lowest BCUT2D eigenvalue weighted by molar-refractivity contribution is 0.393. The van der Waals surface area contributed by atoms with Crippen molar-refractivity contribution < 1.29 is 9.47 Å². The zero-order valence-corrected chi connectivity index (χ0v) is 13.3. The van der Waals surface area contributed by atoms with Crippen molar-refractivity contribution >= 4 is 0 Å². The Bertz CT molecular complexity index is 670. The Kier molecular flexibility index (Phi) is 4.29. The molecule has 1 N–H and O–H groups in total. The molecule has 1 aromatic heterocycles. The summed E-state index contributed by atoms with van der Waals surface area (Å²) in [6.07, 6.45) is 2.18. The number of rotatable bonds is 5. The first-order valence-corrected chi connectivity index (χ1v) is 7.77. The molecule has 2 aromatic rings. The monoisotopic (exact) mass is 298 g/mol. The minimum atomic E-state index is 0.443. The van der Waals surface area contributed by atoms with Gasteiger partial charge in [0.25, 0.3) is 0 Å². The second-order valence-electron chi connectivity index (χ2n) is 5.51. The molecule has 0 saturated heterocycles. The summed E-state index contributed by atoms with van der Waals surface area (Å²) in [4.78, 5) is 4.37. The maximum Gasteiger partial charge on any atom is 0.213 e. The molecule has 0 saturated carbocycles. The Balaban J connectivity index is 1.88. The fourth-order valence-electron chi connectivity index (χ4n) is 3.04. The number of aryl methyl sites for hydroxylation is 1. The molecule has 4 nitrogen and oxygen atoms in total. The average Bonchev–Trinajstić information content (AvgIpc) is 2.94. The molecule has 0 bridgehead atoms. The predicted octanol–water partition coefficient (Wildman–Crippen LogP) is 3.79. The SMILES string of the molecule is CCN[C@@H]1CCc2c(Oc3ccc(OC)nc3C)cccc21. The van der Waals surface area contributed by atoms with Crippen LogP contribution in [0, 0.1) is 6.92 Å². The largest absolute Gasteiger partial charge is 0.481 e. The lowest BCUT2D eigenvalue weighted by Crippen LogP contribution is -2.18. The van der Waals surface area contributed by atoms with E-state index >= 15 is 0 Å². The third kappa shape index (κ3) is 2.79. The summed E-state index contributed by atoms with van der Waals surface area (Å²) in [5, 5.41) is 3.53. The molecule has 0 unspecified atom stereocenters. The molecule has 1 aromatic carbocycles. The van der Waals surface area contributed by atoms with Gasteiger partial charge in [0.15, 0.2) is 0 Å². The van der Waals surface area contributed by atoms with Gasteiger partial charge in [-0.3, -0.25) is 0 Å². The number of benzene rings is 1. The van der Waals surface area contributed by atoms with Crippen molar-refractivity contribution in [3.05, 3.63) is 47.2 Å². The first kappa shape index (κ1) is 14.9. The molecule has 1 aliphatic carbocycles. The number of hydrogen-bond donors (Lipinski definition) is 1. The van der Waals surface area contributed by atoms with E-state index in [0.717, 1.165) is 36.6 Å². The molecule has 1 aliphatic rings. The number of fused-ring (bicyclic) bond motifs is 1. The van der Waals surface area contributed by atoms with Gasteiger partial charge in [0.2, 0.25) is 5.88 Å². The number of aromatic nitrogens is 1. The van der Waals surface area contributed by atoms with E-state index in [-0.39, 0.29) is 0 Å². The smallest absolute Gasteiger partial charge is 0.213 e. The number of nitrogens with one attached hydrogen (secondary N) is 1. The van der Waals surface area contributed by atoms with Crippen LogP contribution in [0.25, 0.3) is 0 Å². The van der Waals surface area contributed by atoms with Crippen LogP contribution in [0.4, 0.5) is 0 Å². The van der Waals surface area contributed by atoms with Crippen LogP contribution < -0.4 is 14.8 Å². The van der Waals surface area contributed by atoms with Crippen molar-refractivity contribution in [1.29, 1.82) is 0 Å². The summed E-state index contributed by atoms with van der Waals surface area (Å²) < 4.78 is 11.3. The van der Waals surface area contributed by atoms with Crippen LogP contribution in [0.3, 0.4) is 0 Å². The fraction of sp³-hybridized carbons (Fsp3) is 0.389. The highest BCUT2D eigenvalue weighted by atomic mass is 16.5. The third-order valence-corrected chi connectivity index (χ3v) is 4.12. The molecule has 116 valence electrons. The Morgan fingerprint density at radius 1 is 1.23 bits per heavy atom. The number of ether oxygens (including phenoxy) is 2. The molecular formula is C18H22N2O2. The predicted molar refractivity (Wildman–Crippen MR) is 86.8 cm³/mol. The normalized spacial score (nSPS) is 16.4. The Labute approximate surface area is 131 Å². The molecule has 0 spiro atoms. The average molecular weight is 298 g/mol. The summed E-state index contributed by atoms with van der Waals surface area (Å²) >= 11 is 0. The van der Waals surface area contributed by atoms with Crippen LogP contribution in [0.2, 0.25) is 0 Å². The number of methoxy groups -OCH3 is 1. The van der Waals surface area contributed by atoms with E-state index in [2.05, 4.69) is 29.4 Å². The van der Waals surface area contributed by atoms with Crippen LogP contribution in [-0.2, 0) is 6.42 Å². The standard InChI is InChI=1S/C18H22N2O2/c1-4-19-15-9-8-14-13(15)6-5-7-17(14)22-16-10-11-18(21-3)20-12(16)2/h5-7,10-11,15,19H,4,8-9H2,1-3H3/t15-/m1/s1. The minimum absolute atomic E-state index is 0.443. The summed E-state index contributed by atoms with van der Waals surface area (Å²) in [6, 6.07) is 10.5. The highest BCUT2D eigenvalue weighted by molar-refractivity contribution is 5.47. The maximum absolute atomic E-state index is 6.13. The van der Waals surface area contributed by atoms with Gasteiger partial charge in [0.05, 0.1) is 12.8 Å². The Hall–Kier alpha value is -2.07. The van der Waals surface area contributed by atoms with Gasteiger partial charge in [0, 0.05) is 12.1 Å². The Morgan fingerprint density at radius 3 is 2.82 bits per heavy atom. The van der Waals surface area contributed by atoms with Crippen LogP contribution in [0.5, 0.6) is 17.4 Å². The van der Waals surface area contributed by atoms with Gasteiger partial charge in [0.1, 0.15) is 11.5 Å². The van der Waals surface area contributed by atoms with Crippen molar-refractivity contribution in [3.63, 3.8) is 0 Å². The Morgan fingerprint density at radius 2 is 2.09 bits per heavy atom. The zero-order valence-electron chi connectivity index (χ0n) is 13.3. The summed E-state index contributed by atoms with van der Waals surface area (Å²) in [6.45, 7) is 5.06. The van der Waals surface area contributed by atoms with Gasteiger partial charge < -0.3 is 14.8 Å². The second-order valence-corrected chi connectivity index (χ2v) is 5.51. The van der Waals surface area contributed by atoms with Gasteiger partial charge in [-0.15, -0.1) is 0 Å². The minimum Gasteiger partial charge on any atom is -0.481 e. The molecule has 0 amide bonds. The van der Waals surface area contributed by atoms with E-state index < -0.39 is 0 Å². The van der Waals surface area contributed by atoms with Crippen molar-refractivity contribution in [2.24, 2.45) is 0 Å². The first-order chi connectivity index (χ1) is 10.7. The summed E-state index contributed by atoms with van der Waals surface area (Å²) in [5.74, 6) is 2.32. The van der Waals surface area contributed by atoms with Crippen LogP contribution in [-0.4, -0.2) is 18.6 Å². The van der Waals surface area contributed by atoms with Crippen molar-refractivity contribution in [2.45, 2.75) is 32.7 Å². The van der Waals surface area contributed by atoms with Crippen molar-refractivity contribution in [2.75, 3.05) is 13.7 Å². The van der Waals surface area contributed by atoms with Crippen LogP contribution in [0.1, 0.15) is 36.2 Å². The fourth-order valence-corrected chi connectivity index (χ4v) is 3.04. The quantitative estimate of drug-likeness (QED) is 0.912. The topological polar surface area (TPSA) is 43.4 Å². The number of nitrogens with zero attached hydrogens (tertiary/aromatic N) is 1. The highest BCUT2D eigenvalue weighted by Crippen LogP contribution is 2.39. The van der Waals surface area contributed by atoms with Gasteiger partial charge in [-0.1, -0.05) is 19.1 Å². The second kappa shape index (κ2) is 6.36. The van der Waals surface area contributed by atoms with Crippen LogP contribution >= 0.6 is 0 Å². The van der Waals surface area contributed by atoms with Gasteiger partial charge >= 0.3 is 0 Å². The van der Waals surface area contributed by atoms with E-state index in [1.165, 1.54) is 11.1 Å². The molecular weight excluding hydrogens is 276 g/mol. The molecule has 0 aliphatic heterocycles. The zero-order chi connectivity index (χ0) is 15.5. The lowest BCUT2D eigenvalue weighted by Gasteiger charge is -2.15. The van der Waals surface area contributed by atoms with Crippen LogP contribution in [0.15, 0.2) is 30.3 Å². The third-order valence-electron chi connectivity index (χ3n) is 4.12. The van der Waals surface area contributed by atoms with E-state index in [1.54, 1.807) is 7.11 Å². The molecule has 1 heterocycles. The van der Waals surface area contributed by atoms with E-state index in [9.17, 15) is 0 Å². The molecule has 3 rings (SSSR count).